The Morgan fingerprint density at radius 3 is 2.86 bits per heavy atom. The van der Waals surface area contributed by atoms with Gasteiger partial charge in [-0.3, -0.25) is 9.69 Å². The zero-order valence-corrected chi connectivity index (χ0v) is 22.5. The summed E-state index contributed by atoms with van der Waals surface area (Å²) in [5, 5.41) is 6.92. The summed E-state index contributed by atoms with van der Waals surface area (Å²) >= 11 is 7.60. The fraction of sp³-hybridized carbons (Fsp3) is 0.370. The molecule has 0 saturated carbocycles. The van der Waals surface area contributed by atoms with Crippen LogP contribution in [-0.4, -0.2) is 56.4 Å². The van der Waals surface area contributed by atoms with Gasteiger partial charge in [-0.25, -0.2) is 9.97 Å². The van der Waals surface area contributed by atoms with E-state index in [1.54, 1.807) is 12.3 Å². The van der Waals surface area contributed by atoms with Crippen molar-refractivity contribution < 1.29 is 9.32 Å². The third kappa shape index (κ3) is 5.58. The number of aromatic nitrogens is 4. The number of hydrogen-bond donors (Lipinski definition) is 0. The van der Waals surface area contributed by atoms with E-state index in [1.165, 1.54) is 11.5 Å². The van der Waals surface area contributed by atoms with Gasteiger partial charge >= 0.3 is 0 Å². The molecular formula is C27H29ClN6O2S. The molecule has 1 fully saturated rings. The smallest absolute Gasteiger partial charge is 0.225 e. The Morgan fingerprint density at radius 2 is 2.11 bits per heavy atom. The summed E-state index contributed by atoms with van der Waals surface area (Å²) in [5.74, 6) is 1.31. The summed E-state index contributed by atoms with van der Waals surface area (Å²) in [4.78, 5) is 26.9. The predicted octanol–water partition coefficient (Wildman–Crippen LogP) is 5.85. The third-order valence-corrected chi connectivity index (χ3v) is 7.58. The minimum absolute atomic E-state index is 0.0888. The monoisotopic (exact) mass is 536 g/mol. The summed E-state index contributed by atoms with van der Waals surface area (Å²) in [6.45, 7) is 8.00. The normalized spacial score (nSPS) is 15.9. The van der Waals surface area contributed by atoms with E-state index < -0.39 is 0 Å². The topological polar surface area (TPSA) is 88.3 Å². The van der Waals surface area contributed by atoms with Crippen LogP contribution in [0.25, 0.3) is 22.5 Å². The van der Waals surface area contributed by atoms with Gasteiger partial charge in [-0.15, -0.1) is 0 Å². The van der Waals surface area contributed by atoms with Crippen LogP contribution in [0.4, 0.5) is 5.95 Å². The van der Waals surface area contributed by atoms with Crippen LogP contribution < -0.4 is 4.90 Å². The Hall–Kier alpha value is -3.14. The molecule has 192 valence electrons. The first-order chi connectivity index (χ1) is 18.1. The number of piperidine rings is 1. The van der Waals surface area contributed by atoms with E-state index in [0.29, 0.717) is 35.4 Å². The summed E-state index contributed by atoms with van der Waals surface area (Å²) in [5.41, 5.74) is 3.68. The number of ketones is 1. The van der Waals surface area contributed by atoms with Crippen LogP contribution in [0.5, 0.6) is 0 Å². The van der Waals surface area contributed by atoms with Crippen molar-refractivity contribution in [3.05, 3.63) is 64.5 Å². The number of nitrogens with zero attached hydrogens (tertiary/aromatic N) is 6. The zero-order chi connectivity index (χ0) is 25.8. The Morgan fingerprint density at radius 1 is 1.24 bits per heavy atom. The maximum Gasteiger partial charge on any atom is 0.225 e. The molecule has 37 heavy (non-hydrogen) atoms. The van der Waals surface area contributed by atoms with Crippen LogP contribution in [0.1, 0.15) is 42.9 Å². The van der Waals surface area contributed by atoms with E-state index in [9.17, 15) is 4.79 Å². The molecule has 0 aliphatic carbocycles. The molecule has 4 heterocycles. The molecule has 0 N–H and O–H groups in total. The van der Waals surface area contributed by atoms with Gasteiger partial charge in [0.05, 0.1) is 17.8 Å². The van der Waals surface area contributed by atoms with Crippen molar-refractivity contribution in [1.29, 1.82) is 0 Å². The number of halogens is 1. The van der Waals surface area contributed by atoms with Crippen molar-refractivity contribution in [1.82, 2.24) is 24.4 Å². The van der Waals surface area contributed by atoms with Crippen molar-refractivity contribution in [3.63, 3.8) is 0 Å². The van der Waals surface area contributed by atoms with Crippen LogP contribution in [0.2, 0.25) is 5.02 Å². The Labute approximate surface area is 225 Å². The molecule has 0 radical (unpaired) electrons. The SMILES string of the molecule is CCN(CC)Cc1onc(-c2cccc(Cl)c2)c1-c1ccnc(N2CCCC(C(=O)c3ccsn3)C2)n1. The maximum absolute atomic E-state index is 13.0. The molecule has 1 aromatic carbocycles. The molecule has 0 amide bonds. The Balaban J connectivity index is 1.49. The van der Waals surface area contributed by atoms with E-state index >= 15 is 0 Å². The molecule has 4 aromatic rings. The van der Waals surface area contributed by atoms with Crippen LogP contribution in [0.3, 0.4) is 0 Å². The fourth-order valence-electron chi connectivity index (χ4n) is 4.74. The van der Waals surface area contributed by atoms with E-state index in [0.717, 1.165) is 55.1 Å². The molecule has 1 saturated heterocycles. The van der Waals surface area contributed by atoms with Crippen molar-refractivity contribution >= 4 is 34.9 Å². The number of carbonyl (C=O) groups excluding carboxylic acids is 1. The zero-order valence-electron chi connectivity index (χ0n) is 20.9. The number of anilines is 1. The second-order valence-electron chi connectivity index (χ2n) is 9.08. The maximum atomic E-state index is 13.0. The van der Waals surface area contributed by atoms with Crippen LogP contribution in [0, 0.1) is 5.92 Å². The predicted molar refractivity (Wildman–Crippen MR) is 146 cm³/mol. The minimum Gasteiger partial charge on any atom is -0.359 e. The largest absolute Gasteiger partial charge is 0.359 e. The molecule has 5 rings (SSSR count). The first kappa shape index (κ1) is 25.5. The first-order valence-corrected chi connectivity index (χ1v) is 13.8. The van der Waals surface area contributed by atoms with E-state index in [1.807, 2.05) is 35.7 Å². The van der Waals surface area contributed by atoms with Crippen molar-refractivity contribution in [2.24, 2.45) is 5.92 Å². The number of carbonyl (C=O) groups is 1. The van der Waals surface area contributed by atoms with E-state index in [2.05, 4.69) is 38.2 Å². The molecule has 3 aromatic heterocycles. The summed E-state index contributed by atoms with van der Waals surface area (Å²) in [6.07, 6.45) is 3.49. The molecule has 1 aliphatic heterocycles. The summed E-state index contributed by atoms with van der Waals surface area (Å²) in [6, 6.07) is 11.3. The highest BCUT2D eigenvalue weighted by atomic mass is 35.5. The highest BCUT2D eigenvalue weighted by Gasteiger charge is 2.29. The van der Waals surface area contributed by atoms with Gasteiger partial charge in [0, 0.05) is 41.2 Å². The van der Waals surface area contributed by atoms with Gasteiger partial charge in [0.1, 0.15) is 11.4 Å². The van der Waals surface area contributed by atoms with Gasteiger partial charge in [0.2, 0.25) is 5.95 Å². The lowest BCUT2D eigenvalue weighted by molar-refractivity contribution is 0.0903. The lowest BCUT2D eigenvalue weighted by Crippen LogP contribution is -2.39. The number of hydrogen-bond acceptors (Lipinski definition) is 9. The molecule has 0 spiro atoms. The van der Waals surface area contributed by atoms with Crippen molar-refractivity contribution in [2.75, 3.05) is 31.1 Å². The average molecular weight is 537 g/mol. The molecule has 1 atom stereocenters. The summed E-state index contributed by atoms with van der Waals surface area (Å²) < 4.78 is 10.1. The van der Waals surface area contributed by atoms with Gasteiger partial charge < -0.3 is 9.42 Å². The lowest BCUT2D eigenvalue weighted by atomic mass is 9.92. The van der Waals surface area contributed by atoms with Crippen molar-refractivity contribution in [3.8, 4) is 22.5 Å². The molecule has 0 bridgehead atoms. The van der Waals surface area contributed by atoms with Gasteiger partial charge in [-0.2, -0.15) is 4.37 Å². The van der Waals surface area contributed by atoms with Crippen LogP contribution in [-0.2, 0) is 6.54 Å². The van der Waals surface area contributed by atoms with Gasteiger partial charge in [0.25, 0.3) is 0 Å². The highest BCUT2D eigenvalue weighted by molar-refractivity contribution is 7.03. The second-order valence-corrected chi connectivity index (χ2v) is 10.2. The average Bonchev–Trinajstić information content (AvgIpc) is 3.62. The standard InChI is InChI=1S/C27H29ClN6O2S/c1-3-33(4-2)17-23-24(25(31-36-23)18-7-5-9-20(28)15-18)21-10-12-29-27(30-21)34-13-6-8-19(16-34)26(35)22-11-14-37-32-22/h5,7,9-12,14-15,19H,3-4,6,8,13,16-17H2,1-2H3. The fourth-order valence-corrected chi connectivity index (χ4v) is 5.45. The van der Waals surface area contributed by atoms with Crippen LogP contribution >= 0.6 is 23.1 Å². The highest BCUT2D eigenvalue weighted by Crippen LogP contribution is 2.36. The molecule has 1 unspecified atom stereocenters. The lowest BCUT2D eigenvalue weighted by Gasteiger charge is -2.31. The molecular weight excluding hydrogens is 508 g/mol. The quantitative estimate of drug-likeness (QED) is 0.246. The number of rotatable bonds is 9. The number of Topliss-reactive ketones (excluding diaryl/α,β-unsaturated/α-hetero) is 1. The second kappa shape index (κ2) is 11.5. The van der Waals surface area contributed by atoms with E-state index in [-0.39, 0.29) is 11.7 Å². The Bertz CT molecular complexity index is 1350. The minimum atomic E-state index is -0.126. The molecule has 10 heteroatoms. The Kier molecular flexibility index (Phi) is 7.93. The third-order valence-electron chi connectivity index (χ3n) is 6.79. The summed E-state index contributed by atoms with van der Waals surface area (Å²) in [7, 11) is 0. The molecule has 1 aliphatic rings. The van der Waals surface area contributed by atoms with Gasteiger partial charge in [-0.05, 0) is 61.7 Å². The molecule has 8 nitrogen and oxygen atoms in total. The first-order valence-electron chi connectivity index (χ1n) is 12.6. The van der Waals surface area contributed by atoms with Gasteiger partial charge in [-0.1, -0.05) is 42.7 Å². The number of benzene rings is 1. The van der Waals surface area contributed by atoms with Crippen molar-refractivity contribution in [2.45, 2.75) is 33.2 Å². The van der Waals surface area contributed by atoms with Gasteiger partial charge in [0.15, 0.2) is 11.5 Å². The van der Waals surface area contributed by atoms with Crippen LogP contribution in [0.15, 0.2) is 52.5 Å². The van der Waals surface area contributed by atoms with E-state index in [4.69, 9.17) is 21.1 Å².